The van der Waals surface area contributed by atoms with E-state index >= 15 is 0 Å². The zero-order valence-corrected chi connectivity index (χ0v) is 13.3. The average Bonchev–Trinajstić information content (AvgIpc) is 2.57. The number of halogens is 3. The zero-order chi connectivity index (χ0) is 18.0. The molecule has 0 atom stereocenters. The van der Waals surface area contributed by atoms with Gasteiger partial charge in [0, 0.05) is 11.6 Å². The van der Waals surface area contributed by atoms with E-state index in [-0.39, 0.29) is 17.9 Å². The fourth-order valence-electron chi connectivity index (χ4n) is 2.40. The molecule has 1 fully saturated rings. The summed E-state index contributed by atoms with van der Waals surface area (Å²) in [4.78, 5) is 17.3. The molecular formula is C17H15F3N2O3. The quantitative estimate of drug-likeness (QED) is 0.849. The number of amides is 1. The third-order valence-electron chi connectivity index (χ3n) is 3.77. The molecule has 1 aliphatic heterocycles. The van der Waals surface area contributed by atoms with Gasteiger partial charge in [0.15, 0.2) is 0 Å². The Kier molecular flexibility index (Phi) is 4.52. The average molecular weight is 352 g/mol. The number of rotatable bonds is 4. The summed E-state index contributed by atoms with van der Waals surface area (Å²) in [6, 6.07) is 10.2. The lowest BCUT2D eigenvalue weighted by atomic mass is 10.1. The van der Waals surface area contributed by atoms with Crippen LogP contribution in [0.2, 0.25) is 0 Å². The molecule has 1 aliphatic rings. The minimum atomic E-state index is -4.52. The van der Waals surface area contributed by atoms with E-state index in [2.05, 4.69) is 4.98 Å². The van der Waals surface area contributed by atoms with Crippen LogP contribution >= 0.6 is 0 Å². The molecule has 0 N–H and O–H groups in total. The highest BCUT2D eigenvalue weighted by Gasteiger charge is 2.35. The number of likely N-dealkylation sites (tertiary alicyclic amines) is 1. The number of hydrogen-bond acceptors (Lipinski definition) is 4. The molecule has 3 rings (SSSR count). The molecular weight excluding hydrogens is 337 g/mol. The van der Waals surface area contributed by atoms with Crippen molar-refractivity contribution in [3.05, 3.63) is 53.7 Å². The van der Waals surface area contributed by atoms with Gasteiger partial charge in [0.2, 0.25) is 5.88 Å². The Bertz CT molecular complexity index is 756. The van der Waals surface area contributed by atoms with Crippen LogP contribution in [0.25, 0.3) is 0 Å². The fraction of sp³-hybridized carbons (Fsp3) is 0.294. The number of ether oxygens (including phenoxy) is 2. The van der Waals surface area contributed by atoms with Gasteiger partial charge in [0.1, 0.15) is 17.5 Å². The SMILES string of the molecule is COc1ccc(C(=O)N2CC(Oc3cccc(C(F)(F)F)n3)C2)cc1. The molecule has 0 unspecified atom stereocenters. The van der Waals surface area contributed by atoms with E-state index in [0.29, 0.717) is 24.4 Å². The van der Waals surface area contributed by atoms with Gasteiger partial charge in [-0.25, -0.2) is 4.98 Å². The van der Waals surface area contributed by atoms with Crippen molar-refractivity contribution in [2.75, 3.05) is 20.2 Å². The minimum Gasteiger partial charge on any atom is -0.497 e. The Morgan fingerprint density at radius 2 is 1.84 bits per heavy atom. The van der Waals surface area contributed by atoms with Crippen LogP contribution in [0.1, 0.15) is 16.1 Å². The number of aromatic nitrogens is 1. The van der Waals surface area contributed by atoms with Crippen molar-refractivity contribution in [2.24, 2.45) is 0 Å². The van der Waals surface area contributed by atoms with Crippen molar-refractivity contribution < 1.29 is 27.4 Å². The van der Waals surface area contributed by atoms with E-state index in [0.717, 1.165) is 6.07 Å². The lowest BCUT2D eigenvalue weighted by Crippen LogP contribution is -2.56. The normalized spacial score (nSPS) is 14.8. The van der Waals surface area contributed by atoms with Crippen molar-refractivity contribution in [2.45, 2.75) is 12.3 Å². The van der Waals surface area contributed by atoms with Gasteiger partial charge in [-0.3, -0.25) is 4.79 Å². The second kappa shape index (κ2) is 6.62. The van der Waals surface area contributed by atoms with Crippen molar-refractivity contribution in [1.29, 1.82) is 0 Å². The van der Waals surface area contributed by atoms with Gasteiger partial charge >= 0.3 is 6.18 Å². The first-order valence-corrected chi connectivity index (χ1v) is 7.51. The zero-order valence-electron chi connectivity index (χ0n) is 13.3. The highest BCUT2D eigenvalue weighted by molar-refractivity contribution is 5.94. The second-order valence-electron chi connectivity index (χ2n) is 5.54. The molecule has 5 nitrogen and oxygen atoms in total. The minimum absolute atomic E-state index is 0.101. The number of alkyl halides is 3. The van der Waals surface area contributed by atoms with E-state index in [1.165, 1.54) is 19.2 Å². The number of nitrogens with zero attached hydrogens (tertiary/aromatic N) is 2. The van der Waals surface area contributed by atoms with E-state index in [1.807, 2.05) is 0 Å². The van der Waals surface area contributed by atoms with Crippen LogP contribution in [0.3, 0.4) is 0 Å². The van der Waals surface area contributed by atoms with Crippen LogP contribution < -0.4 is 9.47 Å². The molecule has 1 aromatic heterocycles. The van der Waals surface area contributed by atoms with Gasteiger partial charge in [0.05, 0.1) is 20.2 Å². The predicted molar refractivity (Wildman–Crippen MR) is 82.6 cm³/mol. The van der Waals surface area contributed by atoms with Gasteiger partial charge in [0.25, 0.3) is 5.91 Å². The van der Waals surface area contributed by atoms with Gasteiger partial charge in [-0.05, 0) is 30.3 Å². The molecule has 2 heterocycles. The molecule has 0 saturated carbocycles. The van der Waals surface area contributed by atoms with Crippen LogP contribution in [0.4, 0.5) is 13.2 Å². The van der Waals surface area contributed by atoms with Gasteiger partial charge in [-0.15, -0.1) is 0 Å². The van der Waals surface area contributed by atoms with Crippen molar-refractivity contribution in [3.63, 3.8) is 0 Å². The summed E-state index contributed by atoms with van der Waals surface area (Å²) < 4.78 is 48.3. The Morgan fingerprint density at radius 1 is 1.16 bits per heavy atom. The summed E-state index contributed by atoms with van der Waals surface area (Å²) >= 11 is 0. The smallest absolute Gasteiger partial charge is 0.433 e. The maximum Gasteiger partial charge on any atom is 0.433 e. The molecule has 8 heteroatoms. The van der Waals surface area contributed by atoms with Crippen molar-refractivity contribution >= 4 is 5.91 Å². The number of hydrogen-bond donors (Lipinski definition) is 0. The maximum atomic E-state index is 12.6. The highest BCUT2D eigenvalue weighted by Crippen LogP contribution is 2.29. The van der Waals surface area contributed by atoms with Gasteiger partial charge in [-0.2, -0.15) is 13.2 Å². The molecule has 1 saturated heterocycles. The molecule has 1 aromatic carbocycles. The highest BCUT2D eigenvalue weighted by atomic mass is 19.4. The largest absolute Gasteiger partial charge is 0.497 e. The first kappa shape index (κ1) is 17.1. The topological polar surface area (TPSA) is 51.7 Å². The first-order valence-electron chi connectivity index (χ1n) is 7.51. The Hall–Kier alpha value is -2.77. The van der Waals surface area contributed by atoms with Crippen LogP contribution in [0, 0.1) is 0 Å². The molecule has 0 radical (unpaired) electrons. The summed E-state index contributed by atoms with van der Waals surface area (Å²) in [5.41, 5.74) is -0.494. The van der Waals surface area contributed by atoms with Crippen LogP contribution in [0.15, 0.2) is 42.5 Å². The molecule has 0 spiro atoms. The van der Waals surface area contributed by atoms with Crippen LogP contribution in [0.5, 0.6) is 11.6 Å². The lowest BCUT2D eigenvalue weighted by Gasteiger charge is -2.38. The van der Waals surface area contributed by atoms with E-state index in [1.54, 1.807) is 29.2 Å². The van der Waals surface area contributed by atoms with Gasteiger partial charge < -0.3 is 14.4 Å². The summed E-state index contributed by atoms with van der Waals surface area (Å²) in [5.74, 6) is 0.382. The van der Waals surface area contributed by atoms with Crippen LogP contribution in [-0.2, 0) is 6.18 Å². The third-order valence-corrected chi connectivity index (χ3v) is 3.77. The number of benzene rings is 1. The molecule has 1 amide bonds. The molecule has 2 aromatic rings. The lowest BCUT2D eigenvalue weighted by molar-refractivity contribution is -0.141. The standard InChI is InChI=1S/C17H15F3N2O3/c1-24-12-7-5-11(6-8-12)16(23)22-9-13(10-22)25-15-4-2-3-14(21-15)17(18,19)20/h2-8,13H,9-10H2,1H3. The first-order chi connectivity index (χ1) is 11.9. The summed E-state index contributed by atoms with van der Waals surface area (Å²) in [5, 5.41) is 0. The number of carbonyl (C=O) groups excluding carboxylic acids is 1. The van der Waals surface area contributed by atoms with Crippen molar-refractivity contribution in [3.8, 4) is 11.6 Å². The number of pyridine rings is 1. The summed E-state index contributed by atoms with van der Waals surface area (Å²) in [7, 11) is 1.54. The molecule has 0 aliphatic carbocycles. The van der Waals surface area contributed by atoms with Gasteiger partial charge in [-0.1, -0.05) is 6.07 Å². The maximum absolute atomic E-state index is 12.6. The van der Waals surface area contributed by atoms with E-state index < -0.39 is 11.9 Å². The number of carbonyl (C=O) groups is 1. The van der Waals surface area contributed by atoms with E-state index in [9.17, 15) is 18.0 Å². The molecule has 25 heavy (non-hydrogen) atoms. The Labute approximate surface area is 142 Å². The fourth-order valence-corrected chi connectivity index (χ4v) is 2.40. The van der Waals surface area contributed by atoms with Crippen LogP contribution in [-0.4, -0.2) is 42.1 Å². The third kappa shape index (κ3) is 3.84. The molecule has 132 valence electrons. The summed E-state index contributed by atoms with van der Waals surface area (Å²) in [6.07, 6.45) is -4.90. The predicted octanol–water partition coefficient (Wildman–Crippen LogP) is 3.01. The summed E-state index contributed by atoms with van der Waals surface area (Å²) in [6.45, 7) is 0.589. The Morgan fingerprint density at radius 3 is 2.44 bits per heavy atom. The number of methoxy groups -OCH3 is 1. The Balaban J connectivity index is 1.56. The second-order valence-corrected chi connectivity index (χ2v) is 5.54. The van der Waals surface area contributed by atoms with Crippen molar-refractivity contribution in [1.82, 2.24) is 9.88 Å². The van der Waals surface area contributed by atoms with E-state index in [4.69, 9.17) is 9.47 Å². The monoisotopic (exact) mass is 352 g/mol. The molecule has 0 bridgehead atoms.